The third kappa shape index (κ3) is 2.19. The van der Waals surface area contributed by atoms with Crippen LogP contribution in [0.3, 0.4) is 0 Å². The molecule has 2 heteroatoms. The molecular weight excluding hydrogens is 206 g/mol. The van der Waals surface area contributed by atoms with E-state index in [1.807, 2.05) is 0 Å². The van der Waals surface area contributed by atoms with Crippen molar-refractivity contribution < 1.29 is 0 Å². The number of benzene rings is 1. The molecule has 0 radical (unpaired) electrons. The molecule has 1 aromatic carbocycles. The zero-order valence-electron chi connectivity index (χ0n) is 9.65. The van der Waals surface area contributed by atoms with Crippen molar-refractivity contribution in [2.45, 2.75) is 39.2 Å². The van der Waals surface area contributed by atoms with E-state index < -0.39 is 0 Å². The summed E-state index contributed by atoms with van der Waals surface area (Å²) in [6, 6.07) is 4.24. The predicted octanol–water partition coefficient (Wildman–Crippen LogP) is 3.28. The zero-order valence-corrected chi connectivity index (χ0v) is 10.4. The van der Waals surface area contributed by atoms with Crippen LogP contribution in [-0.2, 0) is 18.4 Å². The average Bonchev–Trinajstić information content (AvgIpc) is 2.15. The number of fused-ring (bicyclic) bond motifs is 1. The molecule has 1 aliphatic rings. The minimum Gasteiger partial charge on any atom is -0.312 e. The summed E-state index contributed by atoms with van der Waals surface area (Å²) >= 11 is 6.17. The highest BCUT2D eigenvalue weighted by Crippen LogP contribution is 2.32. The first-order valence-electron chi connectivity index (χ1n) is 5.51. The fourth-order valence-corrected chi connectivity index (χ4v) is 2.47. The highest BCUT2D eigenvalue weighted by molar-refractivity contribution is 6.30. The molecule has 15 heavy (non-hydrogen) atoms. The van der Waals surface area contributed by atoms with E-state index in [2.05, 4.69) is 38.2 Å². The highest BCUT2D eigenvalue weighted by atomic mass is 35.5. The number of nitrogens with one attached hydrogen (secondary N) is 1. The Bertz CT molecular complexity index is 377. The Morgan fingerprint density at radius 1 is 1.27 bits per heavy atom. The molecular formula is C13H18ClN. The van der Waals surface area contributed by atoms with Gasteiger partial charge in [0, 0.05) is 11.6 Å². The van der Waals surface area contributed by atoms with Gasteiger partial charge in [-0.2, -0.15) is 0 Å². The van der Waals surface area contributed by atoms with Crippen LogP contribution in [0.25, 0.3) is 0 Å². The van der Waals surface area contributed by atoms with E-state index in [4.69, 9.17) is 11.6 Å². The van der Waals surface area contributed by atoms with E-state index in [9.17, 15) is 0 Å². The summed E-state index contributed by atoms with van der Waals surface area (Å²) in [6.45, 7) is 8.78. The van der Waals surface area contributed by atoms with Gasteiger partial charge in [-0.25, -0.2) is 0 Å². The average molecular weight is 224 g/mol. The molecule has 2 rings (SSSR count). The second-order valence-electron chi connectivity index (χ2n) is 5.27. The Balaban J connectivity index is 2.58. The van der Waals surface area contributed by atoms with Crippen molar-refractivity contribution in [2.24, 2.45) is 0 Å². The Kier molecular flexibility index (Phi) is 2.78. The lowest BCUT2D eigenvalue weighted by Gasteiger charge is -2.28. The lowest BCUT2D eigenvalue weighted by molar-refractivity contribution is 0.559. The van der Waals surface area contributed by atoms with E-state index >= 15 is 0 Å². The van der Waals surface area contributed by atoms with Crippen molar-refractivity contribution in [2.75, 3.05) is 6.54 Å². The summed E-state index contributed by atoms with van der Waals surface area (Å²) < 4.78 is 0. The van der Waals surface area contributed by atoms with Gasteiger partial charge in [-0.05, 0) is 47.2 Å². The molecule has 0 fully saturated rings. The largest absolute Gasteiger partial charge is 0.312 e. The van der Waals surface area contributed by atoms with Gasteiger partial charge in [-0.15, -0.1) is 0 Å². The lowest BCUT2D eigenvalue weighted by Crippen LogP contribution is -2.27. The molecule has 0 aromatic heterocycles. The SMILES string of the molecule is CC(C)(C)c1cc(Cl)cc2c1CNCC2. The van der Waals surface area contributed by atoms with E-state index in [1.165, 1.54) is 16.7 Å². The second-order valence-corrected chi connectivity index (χ2v) is 5.70. The van der Waals surface area contributed by atoms with Crippen LogP contribution in [0.1, 0.15) is 37.5 Å². The topological polar surface area (TPSA) is 12.0 Å². The van der Waals surface area contributed by atoms with E-state index in [1.54, 1.807) is 0 Å². The molecule has 1 heterocycles. The molecule has 1 aromatic rings. The molecule has 0 amide bonds. The first-order chi connectivity index (χ1) is 6.98. The molecule has 0 bridgehead atoms. The summed E-state index contributed by atoms with van der Waals surface area (Å²) in [6.07, 6.45) is 1.10. The zero-order chi connectivity index (χ0) is 11.1. The molecule has 0 aliphatic carbocycles. The Morgan fingerprint density at radius 2 is 2.00 bits per heavy atom. The van der Waals surface area contributed by atoms with E-state index in [0.29, 0.717) is 0 Å². The Hall–Kier alpha value is -0.530. The fraction of sp³-hybridized carbons (Fsp3) is 0.538. The smallest absolute Gasteiger partial charge is 0.0411 e. The Labute approximate surface area is 96.8 Å². The van der Waals surface area contributed by atoms with Crippen LogP contribution in [0, 0.1) is 0 Å². The van der Waals surface area contributed by atoms with Gasteiger partial charge in [0.2, 0.25) is 0 Å². The van der Waals surface area contributed by atoms with Crippen molar-refractivity contribution >= 4 is 11.6 Å². The van der Waals surface area contributed by atoms with Crippen LogP contribution in [0.15, 0.2) is 12.1 Å². The number of hydrogen-bond donors (Lipinski definition) is 1. The van der Waals surface area contributed by atoms with Gasteiger partial charge in [0.25, 0.3) is 0 Å². The summed E-state index contributed by atoms with van der Waals surface area (Å²) in [5.41, 5.74) is 4.44. The summed E-state index contributed by atoms with van der Waals surface area (Å²) in [4.78, 5) is 0. The summed E-state index contributed by atoms with van der Waals surface area (Å²) in [5.74, 6) is 0. The third-order valence-corrected chi connectivity index (χ3v) is 3.21. The molecule has 1 aliphatic heterocycles. The van der Waals surface area contributed by atoms with Crippen molar-refractivity contribution in [1.82, 2.24) is 5.32 Å². The van der Waals surface area contributed by atoms with Gasteiger partial charge in [0.15, 0.2) is 0 Å². The molecule has 1 nitrogen and oxygen atoms in total. The molecule has 0 saturated heterocycles. The fourth-order valence-electron chi connectivity index (χ4n) is 2.23. The lowest BCUT2D eigenvalue weighted by atomic mass is 9.81. The number of hydrogen-bond acceptors (Lipinski definition) is 1. The molecule has 0 saturated carbocycles. The van der Waals surface area contributed by atoms with Gasteiger partial charge >= 0.3 is 0 Å². The Morgan fingerprint density at radius 3 is 2.67 bits per heavy atom. The third-order valence-electron chi connectivity index (χ3n) is 2.99. The maximum atomic E-state index is 6.17. The quantitative estimate of drug-likeness (QED) is 0.712. The van der Waals surface area contributed by atoms with Crippen LogP contribution in [0.2, 0.25) is 5.02 Å². The van der Waals surface area contributed by atoms with Crippen LogP contribution in [0.4, 0.5) is 0 Å². The van der Waals surface area contributed by atoms with Gasteiger partial charge in [0.1, 0.15) is 0 Å². The second kappa shape index (κ2) is 3.80. The van der Waals surface area contributed by atoms with E-state index in [-0.39, 0.29) is 5.41 Å². The normalized spacial score (nSPS) is 16.3. The minimum absolute atomic E-state index is 0.175. The first-order valence-corrected chi connectivity index (χ1v) is 5.89. The highest BCUT2D eigenvalue weighted by Gasteiger charge is 2.22. The molecule has 82 valence electrons. The molecule has 0 atom stereocenters. The van der Waals surface area contributed by atoms with Gasteiger partial charge in [0.05, 0.1) is 0 Å². The summed E-state index contributed by atoms with van der Waals surface area (Å²) in [5, 5.41) is 4.31. The van der Waals surface area contributed by atoms with Crippen LogP contribution in [0.5, 0.6) is 0 Å². The van der Waals surface area contributed by atoms with Gasteiger partial charge < -0.3 is 5.32 Å². The standard InChI is InChI=1S/C13H18ClN/c1-13(2,3)12-7-10(14)6-9-4-5-15-8-11(9)12/h6-7,15H,4-5,8H2,1-3H3. The first kappa shape index (κ1) is 11.0. The molecule has 1 N–H and O–H groups in total. The van der Waals surface area contributed by atoms with Crippen LogP contribution >= 0.6 is 11.6 Å². The van der Waals surface area contributed by atoms with Crippen LogP contribution < -0.4 is 5.32 Å². The summed E-state index contributed by atoms with van der Waals surface area (Å²) in [7, 11) is 0. The van der Waals surface area contributed by atoms with Crippen molar-refractivity contribution in [3.63, 3.8) is 0 Å². The monoisotopic (exact) mass is 223 g/mol. The van der Waals surface area contributed by atoms with E-state index in [0.717, 1.165) is 24.5 Å². The molecule has 0 unspecified atom stereocenters. The van der Waals surface area contributed by atoms with Crippen molar-refractivity contribution in [3.05, 3.63) is 33.8 Å². The van der Waals surface area contributed by atoms with Crippen LogP contribution in [-0.4, -0.2) is 6.54 Å². The number of rotatable bonds is 0. The number of halogens is 1. The minimum atomic E-state index is 0.175. The predicted molar refractivity (Wildman–Crippen MR) is 65.6 cm³/mol. The van der Waals surface area contributed by atoms with Crippen molar-refractivity contribution in [1.29, 1.82) is 0 Å². The van der Waals surface area contributed by atoms with Gasteiger partial charge in [-0.3, -0.25) is 0 Å². The molecule has 0 spiro atoms. The van der Waals surface area contributed by atoms with Gasteiger partial charge in [-0.1, -0.05) is 32.4 Å². The van der Waals surface area contributed by atoms with Crippen molar-refractivity contribution in [3.8, 4) is 0 Å². The maximum Gasteiger partial charge on any atom is 0.0411 e. The maximum absolute atomic E-state index is 6.17.